The van der Waals surface area contributed by atoms with Crippen molar-refractivity contribution >= 4 is 21.8 Å². The van der Waals surface area contributed by atoms with Crippen LogP contribution in [0.3, 0.4) is 0 Å². The number of benzene rings is 1. The first-order chi connectivity index (χ1) is 9.74. The van der Waals surface area contributed by atoms with Crippen LogP contribution in [0.4, 0.5) is 0 Å². The van der Waals surface area contributed by atoms with Crippen molar-refractivity contribution in [3.8, 4) is 0 Å². The maximum atomic E-state index is 12.3. The van der Waals surface area contributed by atoms with Crippen molar-refractivity contribution in [2.24, 2.45) is 5.92 Å². The van der Waals surface area contributed by atoms with Gasteiger partial charge in [-0.05, 0) is 36.8 Å². The summed E-state index contributed by atoms with van der Waals surface area (Å²) >= 11 is 3.51. The molecule has 1 saturated carbocycles. The van der Waals surface area contributed by atoms with Gasteiger partial charge in [-0.1, -0.05) is 47.0 Å². The Bertz CT molecular complexity index is 477. The lowest BCUT2D eigenvalue weighted by Gasteiger charge is -2.24. The highest BCUT2D eigenvalue weighted by molar-refractivity contribution is 9.10. The standard InChI is InChI=1S/C16H21BrN2O/c17-13-7-3-1-6-12(13)10-18-16(20)15-9-11-5-2-4-8-14(11)19-15/h1,3,6-7,11,14-15,19H,2,4-5,8-10H2,(H,18,20). The summed E-state index contributed by atoms with van der Waals surface area (Å²) in [7, 11) is 0. The highest BCUT2D eigenvalue weighted by Crippen LogP contribution is 2.33. The summed E-state index contributed by atoms with van der Waals surface area (Å²) in [5.41, 5.74) is 1.12. The van der Waals surface area contributed by atoms with E-state index in [1.165, 1.54) is 25.7 Å². The van der Waals surface area contributed by atoms with Gasteiger partial charge in [0.2, 0.25) is 5.91 Å². The summed E-state index contributed by atoms with van der Waals surface area (Å²) in [6, 6.07) is 8.59. The normalized spacial score (nSPS) is 28.9. The quantitative estimate of drug-likeness (QED) is 0.890. The number of hydrogen-bond acceptors (Lipinski definition) is 2. The van der Waals surface area contributed by atoms with Crippen LogP contribution in [0.25, 0.3) is 0 Å². The first kappa shape index (κ1) is 14.1. The Kier molecular flexibility index (Phi) is 4.41. The van der Waals surface area contributed by atoms with Crippen molar-refractivity contribution < 1.29 is 4.79 Å². The topological polar surface area (TPSA) is 41.1 Å². The van der Waals surface area contributed by atoms with Gasteiger partial charge in [0.05, 0.1) is 6.04 Å². The number of carbonyl (C=O) groups is 1. The Balaban J connectivity index is 1.54. The fourth-order valence-electron chi connectivity index (χ4n) is 3.47. The molecule has 1 aliphatic heterocycles. The highest BCUT2D eigenvalue weighted by atomic mass is 79.9. The average Bonchev–Trinajstić information content (AvgIpc) is 2.90. The van der Waals surface area contributed by atoms with E-state index in [9.17, 15) is 4.79 Å². The smallest absolute Gasteiger partial charge is 0.237 e. The van der Waals surface area contributed by atoms with Gasteiger partial charge in [-0.25, -0.2) is 0 Å². The first-order valence-electron chi connectivity index (χ1n) is 7.51. The third kappa shape index (κ3) is 3.07. The van der Waals surface area contributed by atoms with Crippen molar-refractivity contribution in [3.63, 3.8) is 0 Å². The molecule has 108 valence electrons. The Morgan fingerprint density at radius 2 is 2.10 bits per heavy atom. The van der Waals surface area contributed by atoms with Gasteiger partial charge in [0.1, 0.15) is 0 Å². The predicted octanol–water partition coefficient (Wildman–Crippen LogP) is 2.99. The molecule has 1 aromatic carbocycles. The lowest BCUT2D eigenvalue weighted by molar-refractivity contribution is -0.123. The SMILES string of the molecule is O=C(NCc1ccccc1Br)C1CC2CCCCC2N1. The molecule has 1 saturated heterocycles. The minimum Gasteiger partial charge on any atom is -0.351 e. The number of halogens is 1. The van der Waals surface area contributed by atoms with Crippen LogP contribution in [0.15, 0.2) is 28.7 Å². The summed E-state index contributed by atoms with van der Waals surface area (Å²) in [6.07, 6.45) is 6.16. The Hall–Kier alpha value is -0.870. The fraction of sp³-hybridized carbons (Fsp3) is 0.562. The minimum absolute atomic E-state index is 0.00517. The van der Waals surface area contributed by atoms with E-state index < -0.39 is 0 Å². The Morgan fingerprint density at radius 1 is 1.30 bits per heavy atom. The lowest BCUT2D eigenvalue weighted by atomic mass is 9.85. The molecule has 20 heavy (non-hydrogen) atoms. The maximum absolute atomic E-state index is 12.3. The summed E-state index contributed by atoms with van der Waals surface area (Å²) in [5, 5.41) is 6.58. The van der Waals surface area contributed by atoms with E-state index >= 15 is 0 Å². The zero-order valence-corrected chi connectivity index (χ0v) is 13.2. The van der Waals surface area contributed by atoms with E-state index in [2.05, 4.69) is 26.6 Å². The van der Waals surface area contributed by atoms with Gasteiger partial charge in [0.25, 0.3) is 0 Å². The summed E-state index contributed by atoms with van der Waals surface area (Å²) in [6.45, 7) is 0.591. The number of carbonyl (C=O) groups excluding carboxylic acids is 1. The molecule has 0 aromatic heterocycles. The number of nitrogens with one attached hydrogen (secondary N) is 2. The second-order valence-corrected chi connectivity index (χ2v) is 6.77. The van der Waals surface area contributed by atoms with Gasteiger partial charge in [0, 0.05) is 17.1 Å². The zero-order valence-electron chi connectivity index (χ0n) is 11.6. The predicted molar refractivity (Wildman–Crippen MR) is 83.3 cm³/mol. The van der Waals surface area contributed by atoms with Crippen molar-refractivity contribution in [1.82, 2.24) is 10.6 Å². The molecular weight excluding hydrogens is 316 g/mol. The molecule has 1 amide bonds. The third-order valence-electron chi connectivity index (χ3n) is 4.59. The van der Waals surface area contributed by atoms with Crippen LogP contribution in [0, 0.1) is 5.92 Å². The van der Waals surface area contributed by atoms with Gasteiger partial charge in [-0.15, -0.1) is 0 Å². The molecule has 3 nitrogen and oxygen atoms in total. The molecular formula is C16H21BrN2O. The van der Waals surface area contributed by atoms with E-state index in [4.69, 9.17) is 0 Å². The van der Waals surface area contributed by atoms with Crippen LogP contribution >= 0.6 is 15.9 Å². The van der Waals surface area contributed by atoms with Crippen molar-refractivity contribution in [1.29, 1.82) is 0 Å². The largest absolute Gasteiger partial charge is 0.351 e. The van der Waals surface area contributed by atoms with E-state index in [0.29, 0.717) is 18.5 Å². The van der Waals surface area contributed by atoms with Crippen LogP contribution in [-0.2, 0) is 11.3 Å². The first-order valence-corrected chi connectivity index (χ1v) is 8.30. The summed E-state index contributed by atoms with van der Waals surface area (Å²) in [5.74, 6) is 0.859. The van der Waals surface area contributed by atoms with Crippen LogP contribution in [0.2, 0.25) is 0 Å². The Morgan fingerprint density at radius 3 is 2.90 bits per heavy atom. The Labute approximate surface area is 128 Å². The number of hydrogen-bond donors (Lipinski definition) is 2. The van der Waals surface area contributed by atoms with Crippen molar-refractivity contribution in [2.45, 2.75) is 50.7 Å². The minimum atomic E-state index is 0.00517. The number of rotatable bonds is 3. The van der Waals surface area contributed by atoms with Gasteiger partial charge in [-0.2, -0.15) is 0 Å². The molecule has 3 atom stereocenters. The van der Waals surface area contributed by atoms with E-state index in [-0.39, 0.29) is 11.9 Å². The van der Waals surface area contributed by atoms with Crippen LogP contribution in [0.1, 0.15) is 37.7 Å². The van der Waals surface area contributed by atoms with Gasteiger partial charge >= 0.3 is 0 Å². The number of fused-ring (bicyclic) bond motifs is 1. The molecule has 2 fully saturated rings. The summed E-state index contributed by atoms with van der Waals surface area (Å²) < 4.78 is 1.05. The maximum Gasteiger partial charge on any atom is 0.237 e. The van der Waals surface area contributed by atoms with Gasteiger partial charge < -0.3 is 10.6 Å². The summed E-state index contributed by atoms with van der Waals surface area (Å²) in [4.78, 5) is 12.3. The van der Waals surface area contributed by atoms with Gasteiger partial charge in [-0.3, -0.25) is 4.79 Å². The molecule has 0 bridgehead atoms. The highest BCUT2D eigenvalue weighted by Gasteiger charge is 2.37. The molecule has 2 N–H and O–H groups in total. The molecule has 1 aliphatic carbocycles. The fourth-order valence-corrected chi connectivity index (χ4v) is 3.89. The molecule has 3 unspecified atom stereocenters. The van der Waals surface area contributed by atoms with E-state index in [0.717, 1.165) is 16.5 Å². The second kappa shape index (κ2) is 6.27. The molecule has 1 aromatic rings. The van der Waals surface area contributed by atoms with Crippen molar-refractivity contribution in [2.75, 3.05) is 0 Å². The second-order valence-electron chi connectivity index (χ2n) is 5.92. The zero-order chi connectivity index (χ0) is 13.9. The number of amides is 1. The van der Waals surface area contributed by atoms with Crippen LogP contribution < -0.4 is 10.6 Å². The molecule has 3 rings (SSSR count). The molecule has 1 heterocycles. The lowest BCUT2D eigenvalue weighted by Crippen LogP contribution is -2.42. The van der Waals surface area contributed by atoms with Crippen LogP contribution in [-0.4, -0.2) is 18.0 Å². The van der Waals surface area contributed by atoms with Crippen LogP contribution in [0.5, 0.6) is 0 Å². The third-order valence-corrected chi connectivity index (χ3v) is 5.36. The van der Waals surface area contributed by atoms with E-state index in [1.807, 2.05) is 24.3 Å². The van der Waals surface area contributed by atoms with Gasteiger partial charge in [0.15, 0.2) is 0 Å². The average molecular weight is 337 g/mol. The molecule has 0 spiro atoms. The molecule has 2 aliphatic rings. The van der Waals surface area contributed by atoms with E-state index in [1.54, 1.807) is 0 Å². The molecule has 4 heteroatoms. The van der Waals surface area contributed by atoms with Crippen molar-refractivity contribution in [3.05, 3.63) is 34.3 Å². The molecule has 0 radical (unpaired) electrons. The monoisotopic (exact) mass is 336 g/mol.